The lowest BCUT2D eigenvalue weighted by molar-refractivity contribution is 0.00842. The highest BCUT2D eigenvalue weighted by molar-refractivity contribution is 5.85. The van der Waals surface area contributed by atoms with Gasteiger partial charge in [0.05, 0.1) is 12.7 Å². The number of hydrogen-bond acceptors (Lipinski definition) is 2. The molecule has 5 rings (SSSR count). The third-order valence-electron chi connectivity index (χ3n) is 8.11. The topological polar surface area (TPSA) is 31.1 Å². The van der Waals surface area contributed by atoms with Crippen molar-refractivity contribution in [3.05, 3.63) is 70.4 Å². The number of halogens is 2. The number of hydrogen-bond donors (Lipinski definition) is 2. The van der Waals surface area contributed by atoms with Crippen LogP contribution in [-0.2, 0) is 19.3 Å². The molecule has 0 radical (unpaired) electrons. The molecule has 1 unspecified atom stereocenters. The predicted molar refractivity (Wildman–Crippen MR) is 141 cm³/mol. The third-order valence-corrected chi connectivity index (χ3v) is 8.11. The lowest BCUT2D eigenvalue weighted by atomic mass is 9.79. The molecule has 5 heteroatoms. The fourth-order valence-electron chi connectivity index (χ4n) is 6.19. The molecule has 1 aliphatic heterocycles. The molecule has 2 aliphatic rings. The fourth-order valence-corrected chi connectivity index (χ4v) is 6.19. The van der Waals surface area contributed by atoms with E-state index in [4.69, 9.17) is 0 Å². The summed E-state index contributed by atoms with van der Waals surface area (Å²) in [4.78, 5) is 6.16. The smallest absolute Gasteiger partial charge is 0.123 e. The van der Waals surface area contributed by atoms with Crippen LogP contribution in [0.4, 0.5) is 8.78 Å². The monoisotopic (exact) mass is 479 g/mol. The van der Waals surface area contributed by atoms with Crippen molar-refractivity contribution in [2.45, 2.75) is 70.0 Å². The number of fused-ring (bicyclic) bond motifs is 3. The molecule has 1 aromatic heterocycles. The van der Waals surface area contributed by atoms with Crippen molar-refractivity contribution >= 4 is 10.9 Å². The maximum absolute atomic E-state index is 15.4. The van der Waals surface area contributed by atoms with Gasteiger partial charge in [-0.15, -0.1) is 0 Å². The van der Waals surface area contributed by atoms with Crippen LogP contribution in [0, 0.1) is 0 Å². The number of aryl methyl sites for hydroxylation is 1. The average Bonchev–Trinajstić information content (AvgIpc) is 3.23. The Labute approximate surface area is 208 Å². The average molecular weight is 480 g/mol. The fraction of sp³-hybridized carbons (Fsp3) is 0.533. The molecule has 3 nitrogen and oxygen atoms in total. The third kappa shape index (κ3) is 5.03. The van der Waals surface area contributed by atoms with Crippen LogP contribution in [0.1, 0.15) is 73.0 Å². The van der Waals surface area contributed by atoms with E-state index in [9.17, 15) is 4.39 Å². The second-order valence-electron chi connectivity index (χ2n) is 10.4. The largest absolute Gasteiger partial charge is 0.357 e. The number of alkyl halides is 2. The van der Waals surface area contributed by atoms with Crippen LogP contribution < -0.4 is 5.32 Å². The molecule has 0 saturated heterocycles. The molecule has 0 amide bonds. The number of H-pyrrole nitrogens is 1. The Morgan fingerprint density at radius 3 is 2.69 bits per heavy atom. The second kappa shape index (κ2) is 10.8. The van der Waals surface area contributed by atoms with E-state index in [0.717, 1.165) is 51.7 Å². The summed E-state index contributed by atoms with van der Waals surface area (Å²) in [5, 5.41) is 4.66. The van der Waals surface area contributed by atoms with Gasteiger partial charge in [-0.2, -0.15) is 0 Å². The van der Waals surface area contributed by atoms with Gasteiger partial charge in [0.15, 0.2) is 0 Å². The van der Waals surface area contributed by atoms with E-state index in [0.29, 0.717) is 25.8 Å². The molecule has 2 N–H and O–H groups in total. The Morgan fingerprint density at radius 2 is 1.91 bits per heavy atom. The molecule has 0 bridgehead atoms. The van der Waals surface area contributed by atoms with Gasteiger partial charge < -0.3 is 10.3 Å². The Kier molecular flexibility index (Phi) is 7.54. The summed E-state index contributed by atoms with van der Waals surface area (Å²) in [5.41, 5.74) is 6.89. The number of rotatable bonds is 11. The van der Waals surface area contributed by atoms with Crippen molar-refractivity contribution in [2.75, 3.05) is 32.9 Å². The highest BCUT2D eigenvalue weighted by atomic mass is 19.1. The molecule has 1 aliphatic carbocycles. The normalized spacial score (nSPS) is 19.6. The molecule has 188 valence electrons. The van der Waals surface area contributed by atoms with E-state index >= 15 is 4.39 Å². The predicted octanol–water partition coefficient (Wildman–Crippen LogP) is 6.45. The maximum atomic E-state index is 15.4. The highest BCUT2D eigenvalue weighted by Gasteiger charge is 2.42. The maximum Gasteiger partial charge on any atom is 0.123 e. The zero-order valence-corrected chi connectivity index (χ0v) is 21.0. The minimum Gasteiger partial charge on any atom is -0.357 e. The molecule has 2 aromatic carbocycles. The van der Waals surface area contributed by atoms with E-state index in [1.165, 1.54) is 38.9 Å². The van der Waals surface area contributed by atoms with Gasteiger partial charge in [0.25, 0.3) is 0 Å². The van der Waals surface area contributed by atoms with Crippen LogP contribution in [0.5, 0.6) is 0 Å². The molecule has 1 atom stereocenters. The van der Waals surface area contributed by atoms with E-state index < -0.39 is 5.67 Å². The van der Waals surface area contributed by atoms with E-state index in [1.54, 1.807) is 0 Å². The molecule has 0 spiro atoms. The Bertz CT molecular complexity index is 1130. The summed E-state index contributed by atoms with van der Waals surface area (Å²) < 4.78 is 27.8. The first-order valence-corrected chi connectivity index (χ1v) is 13.5. The summed E-state index contributed by atoms with van der Waals surface area (Å²) in [6.07, 6.45) is 6.90. The number of aromatic amines is 1. The standard InChI is InChI=1S/C30H39F2N3/c1-2-23-22(10-6-18-33-19-8-17-31)9-5-12-26(23)29-28-25(24-11-3-4-13-27(24)34-28)14-20-35(29)21-30(32)15-7-16-30/h3-5,9,11-13,29,33-34H,2,6-8,10,14-21H2,1H3. The minimum atomic E-state index is -1.04. The Balaban J connectivity index is 1.48. The minimum absolute atomic E-state index is 0.0527. The van der Waals surface area contributed by atoms with Crippen LogP contribution in [0.15, 0.2) is 42.5 Å². The van der Waals surface area contributed by atoms with Crippen molar-refractivity contribution in [1.82, 2.24) is 15.2 Å². The van der Waals surface area contributed by atoms with Gasteiger partial charge in [-0.25, -0.2) is 4.39 Å². The van der Waals surface area contributed by atoms with Crippen LogP contribution >= 0.6 is 0 Å². The lowest BCUT2D eigenvalue weighted by Crippen LogP contribution is -2.48. The first-order valence-electron chi connectivity index (χ1n) is 13.5. The SMILES string of the molecule is CCc1c(CCCNCCCF)cccc1C1c2[nH]c3ccccc3c2CCN1CC1(F)CCC1. The Hall–Kier alpha value is -2.24. The van der Waals surface area contributed by atoms with E-state index in [2.05, 4.69) is 64.6 Å². The Morgan fingerprint density at radius 1 is 1.09 bits per heavy atom. The van der Waals surface area contributed by atoms with Gasteiger partial charge in [-0.1, -0.05) is 43.3 Å². The van der Waals surface area contributed by atoms with Crippen molar-refractivity contribution in [2.24, 2.45) is 0 Å². The number of nitrogens with one attached hydrogen (secondary N) is 2. The van der Waals surface area contributed by atoms with E-state index in [-0.39, 0.29) is 12.7 Å². The zero-order chi connectivity index (χ0) is 24.3. The summed E-state index contributed by atoms with van der Waals surface area (Å²) in [6, 6.07) is 15.3. The number of para-hydroxylation sites is 1. The van der Waals surface area contributed by atoms with Crippen molar-refractivity contribution in [1.29, 1.82) is 0 Å². The van der Waals surface area contributed by atoms with Gasteiger partial charge in [-0.3, -0.25) is 9.29 Å². The van der Waals surface area contributed by atoms with Gasteiger partial charge in [0.2, 0.25) is 0 Å². The zero-order valence-electron chi connectivity index (χ0n) is 21.0. The van der Waals surface area contributed by atoms with Crippen molar-refractivity contribution < 1.29 is 8.78 Å². The first-order chi connectivity index (χ1) is 17.1. The first kappa shape index (κ1) is 24.5. The van der Waals surface area contributed by atoms with E-state index in [1.807, 2.05) is 0 Å². The molecular formula is C30H39F2N3. The van der Waals surface area contributed by atoms with Crippen molar-refractivity contribution in [3.8, 4) is 0 Å². The quantitative estimate of drug-likeness (QED) is 0.310. The van der Waals surface area contributed by atoms with Gasteiger partial charge in [-0.05, 0) is 92.8 Å². The number of benzene rings is 2. The second-order valence-corrected chi connectivity index (χ2v) is 10.4. The number of aromatic nitrogens is 1. The summed E-state index contributed by atoms with van der Waals surface area (Å²) in [7, 11) is 0. The molecule has 1 fully saturated rings. The van der Waals surface area contributed by atoms with Gasteiger partial charge >= 0.3 is 0 Å². The molecule has 2 heterocycles. The van der Waals surface area contributed by atoms with Gasteiger partial charge in [0, 0.05) is 29.7 Å². The molecular weight excluding hydrogens is 440 g/mol. The van der Waals surface area contributed by atoms with Crippen LogP contribution in [-0.4, -0.2) is 48.4 Å². The lowest BCUT2D eigenvalue weighted by Gasteiger charge is -2.44. The number of nitrogens with zero attached hydrogens (tertiary/aromatic N) is 1. The van der Waals surface area contributed by atoms with Crippen LogP contribution in [0.3, 0.4) is 0 Å². The highest BCUT2D eigenvalue weighted by Crippen LogP contribution is 2.44. The van der Waals surface area contributed by atoms with Gasteiger partial charge in [0.1, 0.15) is 5.67 Å². The summed E-state index contributed by atoms with van der Waals surface area (Å²) >= 11 is 0. The summed E-state index contributed by atoms with van der Waals surface area (Å²) in [5.74, 6) is 0. The van der Waals surface area contributed by atoms with Crippen molar-refractivity contribution in [3.63, 3.8) is 0 Å². The van der Waals surface area contributed by atoms with Crippen LogP contribution in [0.2, 0.25) is 0 Å². The van der Waals surface area contributed by atoms with Crippen LogP contribution in [0.25, 0.3) is 10.9 Å². The molecule has 3 aromatic rings. The molecule has 35 heavy (non-hydrogen) atoms. The summed E-state index contributed by atoms with van der Waals surface area (Å²) in [6.45, 7) is 5.02. The molecule has 1 saturated carbocycles.